The van der Waals surface area contributed by atoms with E-state index >= 15 is 0 Å². The predicted octanol–water partition coefficient (Wildman–Crippen LogP) is 2.87. The van der Waals surface area contributed by atoms with Gasteiger partial charge in [-0.3, -0.25) is 0 Å². The lowest BCUT2D eigenvalue weighted by Gasteiger charge is -2.23. The van der Waals surface area contributed by atoms with Crippen molar-refractivity contribution in [3.63, 3.8) is 0 Å². The van der Waals surface area contributed by atoms with Crippen molar-refractivity contribution in [1.29, 1.82) is 0 Å². The van der Waals surface area contributed by atoms with Gasteiger partial charge in [-0.05, 0) is 37.1 Å². The van der Waals surface area contributed by atoms with E-state index in [9.17, 15) is 5.11 Å². The highest BCUT2D eigenvalue weighted by atomic mass is 16.5. The van der Waals surface area contributed by atoms with Crippen LogP contribution in [0.15, 0.2) is 24.3 Å². The molecule has 0 spiro atoms. The number of benzene rings is 1. The molecule has 1 atom stereocenters. The van der Waals surface area contributed by atoms with Gasteiger partial charge in [0.2, 0.25) is 0 Å². The van der Waals surface area contributed by atoms with Gasteiger partial charge in [-0.2, -0.15) is 0 Å². The van der Waals surface area contributed by atoms with Crippen LogP contribution >= 0.6 is 0 Å². The summed E-state index contributed by atoms with van der Waals surface area (Å²) in [6, 6.07) is 8.19. The highest BCUT2D eigenvalue weighted by Crippen LogP contribution is 2.20. The Labute approximate surface area is 128 Å². The molecular formula is C17H28N2O2. The Bertz CT molecular complexity index is 400. The molecule has 4 heteroatoms. The van der Waals surface area contributed by atoms with E-state index < -0.39 is 6.10 Å². The summed E-state index contributed by atoms with van der Waals surface area (Å²) in [7, 11) is 4.05. The number of ether oxygens (including phenoxy) is 1. The Morgan fingerprint density at radius 3 is 2.48 bits per heavy atom. The molecule has 2 rings (SSSR count). The summed E-state index contributed by atoms with van der Waals surface area (Å²) < 4.78 is 5.79. The van der Waals surface area contributed by atoms with E-state index in [4.69, 9.17) is 4.74 Å². The first kappa shape index (κ1) is 16.1. The third-order valence-electron chi connectivity index (χ3n) is 4.00. The zero-order valence-electron chi connectivity index (χ0n) is 13.2. The fourth-order valence-electron chi connectivity index (χ4n) is 2.65. The molecule has 0 saturated heterocycles. The smallest absolute Gasteiger partial charge is 0.0945 e. The van der Waals surface area contributed by atoms with Crippen LogP contribution in [-0.4, -0.2) is 44.6 Å². The van der Waals surface area contributed by atoms with Gasteiger partial charge < -0.3 is 20.1 Å². The summed E-state index contributed by atoms with van der Waals surface area (Å²) in [5.41, 5.74) is 2.19. The highest BCUT2D eigenvalue weighted by Gasteiger charge is 2.15. The van der Waals surface area contributed by atoms with Crippen molar-refractivity contribution in [3.05, 3.63) is 24.3 Å². The second-order valence-electron chi connectivity index (χ2n) is 6.07. The van der Waals surface area contributed by atoms with E-state index in [0.29, 0.717) is 19.3 Å². The van der Waals surface area contributed by atoms with Gasteiger partial charge in [-0.25, -0.2) is 0 Å². The molecule has 0 bridgehead atoms. The van der Waals surface area contributed by atoms with Crippen molar-refractivity contribution in [2.24, 2.45) is 0 Å². The molecule has 1 aliphatic carbocycles. The first-order valence-electron chi connectivity index (χ1n) is 7.96. The van der Waals surface area contributed by atoms with Crippen LogP contribution in [0, 0.1) is 0 Å². The van der Waals surface area contributed by atoms with Crippen LogP contribution in [-0.2, 0) is 4.74 Å². The Kier molecular flexibility index (Phi) is 6.33. The molecule has 2 N–H and O–H groups in total. The molecule has 1 fully saturated rings. The van der Waals surface area contributed by atoms with Gasteiger partial charge in [0, 0.05) is 32.0 Å². The third kappa shape index (κ3) is 5.56. The fourth-order valence-corrected chi connectivity index (χ4v) is 2.65. The van der Waals surface area contributed by atoms with E-state index in [-0.39, 0.29) is 0 Å². The van der Waals surface area contributed by atoms with Gasteiger partial charge in [-0.1, -0.05) is 19.3 Å². The van der Waals surface area contributed by atoms with Gasteiger partial charge in [0.25, 0.3) is 0 Å². The molecular weight excluding hydrogens is 264 g/mol. The topological polar surface area (TPSA) is 44.7 Å². The SMILES string of the molecule is CN(C)c1ccc(NCC(O)COC2CCCCC2)cc1. The van der Waals surface area contributed by atoms with E-state index in [1.165, 1.54) is 24.9 Å². The van der Waals surface area contributed by atoms with Crippen LogP contribution in [0.25, 0.3) is 0 Å². The molecule has 0 aliphatic heterocycles. The highest BCUT2D eigenvalue weighted by molar-refractivity contribution is 5.54. The first-order valence-corrected chi connectivity index (χ1v) is 7.96. The van der Waals surface area contributed by atoms with Crippen molar-refractivity contribution >= 4 is 11.4 Å². The van der Waals surface area contributed by atoms with Crippen LogP contribution < -0.4 is 10.2 Å². The lowest BCUT2D eigenvalue weighted by Crippen LogP contribution is -2.28. The average Bonchev–Trinajstić information content (AvgIpc) is 2.52. The average molecular weight is 292 g/mol. The molecule has 0 heterocycles. The number of rotatable bonds is 7. The summed E-state index contributed by atoms with van der Waals surface area (Å²) in [6.07, 6.45) is 6.04. The zero-order chi connectivity index (χ0) is 15.1. The summed E-state index contributed by atoms with van der Waals surface area (Å²) in [4.78, 5) is 2.07. The monoisotopic (exact) mass is 292 g/mol. The Balaban J connectivity index is 1.66. The molecule has 1 unspecified atom stereocenters. The Hall–Kier alpha value is -1.26. The number of aliphatic hydroxyl groups is 1. The van der Waals surface area contributed by atoms with Gasteiger partial charge in [-0.15, -0.1) is 0 Å². The maximum atomic E-state index is 9.99. The van der Waals surface area contributed by atoms with Crippen molar-refractivity contribution in [3.8, 4) is 0 Å². The quantitative estimate of drug-likeness (QED) is 0.811. The lowest BCUT2D eigenvalue weighted by molar-refractivity contribution is -0.0195. The Morgan fingerprint density at radius 2 is 1.86 bits per heavy atom. The lowest BCUT2D eigenvalue weighted by atomic mass is 9.98. The van der Waals surface area contributed by atoms with E-state index in [1.54, 1.807) is 0 Å². The molecule has 0 amide bonds. The molecule has 1 saturated carbocycles. The van der Waals surface area contributed by atoms with Crippen LogP contribution in [0.5, 0.6) is 0 Å². The normalized spacial score (nSPS) is 17.5. The predicted molar refractivity (Wildman–Crippen MR) is 88.1 cm³/mol. The third-order valence-corrected chi connectivity index (χ3v) is 4.00. The molecule has 1 aromatic rings. The van der Waals surface area contributed by atoms with Crippen LogP contribution in [0.3, 0.4) is 0 Å². The minimum absolute atomic E-state index is 0.354. The van der Waals surface area contributed by atoms with Crippen molar-refractivity contribution in [2.45, 2.75) is 44.3 Å². The van der Waals surface area contributed by atoms with E-state index in [1.807, 2.05) is 26.2 Å². The molecule has 0 radical (unpaired) electrons. The molecule has 118 valence electrons. The van der Waals surface area contributed by atoms with Crippen molar-refractivity contribution < 1.29 is 9.84 Å². The number of aliphatic hydroxyl groups excluding tert-OH is 1. The summed E-state index contributed by atoms with van der Waals surface area (Å²) in [5, 5.41) is 13.2. The minimum atomic E-state index is -0.458. The number of hydrogen-bond acceptors (Lipinski definition) is 4. The van der Waals surface area contributed by atoms with Crippen LogP contribution in [0.1, 0.15) is 32.1 Å². The number of nitrogens with one attached hydrogen (secondary N) is 1. The zero-order valence-corrected chi connectivity index (χ0v) is 13.2. The van der Waals surface area contributed by atoms with Crippen molar-refractivity contribution in [1.82, 2.24) is 0 Å². The second-order valence-corrected chi connectivity index (χ2v) is 6.07. The molecule has 4 nitrogen and oxygen atoms in total. The van der Waals surface area contributed by atoms with Crippen LogP contribution in [0.2, 0.25) is 0 Å². The largest absolute Gasteiger partial charge is 0.389 e. The minimum Gasteiger partial charge on any atom is -0.389 e. The first-order chi connectivity index (χ1) is 10.1. The maximum absolute atomic E-state index is 9.99. The second kappa shape index (κ2) is 8.25. The molecule has 1 aliphatic rings. The van der Waals surface area contributed by atoms with Gasteiger partial charge in [0.15, 0.2) is 0 Å². The summed E-state index contributed by atoms with van der Waals surface area (Å²) in [5.74, 6) is 0. The van der Waals surface area contributed by atoms with E-state index in [0.717, 1.165) is 18.5 Å². The summed E-state index contributed by atoms with van der Waals surface area (Å²) in [6.45, 7) is 0.946. The fraction of sp³-hybridized carbons (Fsp3) is 0.647. The van der Waals surface area contributed by atoms with Gasteiger partial charge >= 0.3 is 0 Å². The number of hydrogen-bond donors (Lipinski definition) is 2. The maximum Gasteiger partial charge on any atom is 0.0945 e. The Morgan fingerprint density at radius 1 is 1.19 bits per heavy atom. The van der Waals surface area contributed by atoms with Crippen LogP contribution in [0.4, 0.5) is 11.4 Å². The van der Waals surface area contributed by atoms with Crippen molar-refractivity contribution in [2.75, 3.05) is 37.5 Å². The number of anilines is 2. The van der Waals surface area contributed by atoms with Gasteiger partial charge in [0.1, 0.15) is 0 Å². The molecule has 21 heavy (non-hydrogen) atoms. The summed E-state index contributed by atoms with van der Waals surface area (Å²) >= 11 is 0. The molecule has 0 aromatic heterocycles. The standard InChI is InChI=1S/C17H28N2O2/c1-19(2)15-10-8-14(9-11-15)18-12-16(20)13-21-17-6-4-3-5-7-17/h8-11,16-18,20H,3-7,12-13H2,1-2H3. The van der Waals surface area contributed by atoms with E-state index in [2.05, 4.69) is 22.3 Å². The number of nitrogens with zero attached hydrogens (tertiary/aromatic N) is 1. The van der Waals surface area contributed by atoms with Gasteiger partial charge in [0.05, 0.1) is 18.8 Å². The molecule has 1 aromatic carbocycles.